The molecule has 1 fully saturated rings. The lowest BCUT2D eigenvalue weighted by atomic mass is 10.1. The third kappa shape index (κ3) is 7.36. The molecular weight excluding hydrogens is 326 g/mol. The Labute approximate surface area is 147 Å². The highest BCUT2D eigenvalue weighted by molar-refractivity contribution is 7.89. The van der Waals surface area contributed by atoms with Gasteiger partial charge in [0, 0.05) is 39.3 Å². The predicted molar refractivity (Wildman–Crippen MR) is 101 cm³/mol. The zero-order chi connectivity index (χ0) is 18.0. The van der Waals surface area contributed by atoms with Gasteiger partial charge in [-0.2, -0.15) is 0 Å². The van der Waals surface area contributed by atoms with Crippen molar-refractivity contribution in [2.75, 3.05) is 52.6 Å². The van der Waals surface area contributed by atoms with Crippen molar-refractivity contribution in [3.05, 3.63) is 0 Å². The van der Waals surface area contributed by atoms with Crippen molar-refractivity contribution in [2.24, 2.45) is 4.99 Å². The molecule has 1 rings (SSSR count). The molecule has 1 aliphatic heterocycles. The Morgan fingerprint density at radius 3 is 2.46 bits per heavy atom. The lowest BCUT2D eigenvalue weighted by Crippen LogP contribution is -2.50. The maximum Gasteiger partial charge on any atom is 0.213 e. The lowest BCUT2D eigenvalue weighted by Gasteiger charge is -2.32. The van der Waals surface area contributed by atoms with Crippen molar-refractivity contribution in [2.45, 2.75) is 45.6 Å². The first-order chi connectivity index (χ1) is 11.4. The number of aliphatic imine (C=N–C) groups is 1. The molecule has 1 aliphatic rings. The zero-order valence-electron chi connectivity index (χ0n) is 15.7. The Morgan fingerprint density at radius 2 is 1.92 bits per heavy atom. The maximum atomic E-state index is 11.9. The van der Waals surface area contributed by atoms with Gasteiger partial charge in [-0.3, -0.25) is 4.99 Å². The second-order valence-electron chi connectivity index (χ2n) is 6.37. The van der Waals surface area contributed by atoms with E-state index in [4.69, 9.17) is 0 Å². The van der Waals surface area contributed by atoms with Crippen LogP contribution in [0.5, 0.6) is 0 Å². The number of likely N-dealkylation sites (N-methyl/N-ethyl adjacent to an activating group) is 1. The van der Waals surface area contributed by atoms with Crippen LogP contribution < -0.4 is 10.6 Å². The first-order valence-electron chi connectivity index (χ1n) is 9.06. The minimum absolute atomic E-state index is 0.180. The quantitative estimate of drug-likeness (QED) is 0.467. The van der Waals surface area contributed by atoms with E-state index in [1.54, 1.807) is 18.3 Å². The molecule has 0 unspecified atom stereocenters. The van der Waals surface area contributed by atoms with E-state index in [-0.39, 0.29) is 11.8 Å². The van der Waals surface area contributed by atoms with Crippen molar-refractivity contribution in [3.8, 4) is 0 Å². The smallest absolute Gasteiger partial charge is 0.213 e. The average Bonchev–Trinajstić information content (AvgIpc) is 2.59. The number of rotatable bonds is 9. The van der Waals surface area contributed by atoms with Gasteiger partial charge in [-0.05, 0) is 39.8 Å². The fourth-order valence-corrected chi connectivity index (χ4v) is 3.89. The van der Waals surface area contributed by atoms with Gasteiger partial charge in [0.05, 0.1) is 5.75 Å². The standard InChI is InChI=1S/C16H35N5O2S/c1-5-7-11-20(4)14-10-18-16(17-3)19-15-8-12-21(13-9-15)24(22,23)6-2/h15H,5-14H2,1-4H3,(H2,17,18,19). The Bertz CT molecular complexity index is 473. The summed E-state index contributed by atoms with van der Waals surface area (Å²) in [5, 5.41) is 6.75. The van der Waals surface area contributed by atoms with Crippen LogP contribution in [-0.4, -0.2) is 82.2 Å². The van der Waals surface area contributed by atoms with Gasteiger partial charge in [0.2, 0.25) is 10.0 Å². The van der Waals surface area contributed by atoms with Crippen LogP contribution in [0.4, 0.5) is 0 Å². The van der Waals surface area contributed by atoms with Gasteiger partial charge in [0.15, 0.2) is 5.96 Å². The Hall–Kier alpha value is -0.860. The molecule has 1 saturated heterocycles. The molecule has 0 aliphatic carbocycles. The molecular formula is C16H35N5O2S. The van der Waals surface area contributed by atoms with Gasteiger partial charge in [0.25, 0.3) is 0 Å². The molecule has 0 aromatic heterocycles. The van der Waals surface area contributed by atoms with Crippen LogP contribution in [-0.2, 0) is 10.0 Å². The number of sulfonamides is 1. The van der Waals surface area contributed by atoms with E-state index in [1.165, 1.54) is 12.8 Å². The fraction of sp³-hybridized carbons (Fsp3) is 0.938. The second-order valence-corrected chi connectivity index (χ2v) is 8.63. The number of hydrogen-bond acceptors (Lipinski definition) is 4. The summed E-state index contributed by atoms with van der Waals surface area (Å²) in [7, 11) is 0.851. The number of piperidine rings is 1. The Kier molecular flexibility index (Phi) is 9.61. The number of nitrogens with one attached hydrogen (secondary N) is 2. The van der Waals surface area contributed by atoms with E-state index in [1.807, 2.05) is 0 Å². The van der Waals surface area contributed by atoms with Gasteiger partial charge in [0.1, 0.15) is 0 Å². The topological polar surface area (TPSA) is 77.0 Å². The molecule has 1 heterocycles. The minimum Gasteiger partial charge on any atom is -0.355 e. The molecule has 24 heavy (non-hydrogen) atoms. The SMILES string of the molecule is CCCCN(C)CCNC(=NC)NC1CCN(S(=O)(=O)CC)CC1. The number of unbranched alkanes of at least 4 members (excludes halogenated alkanes) is 1. The summed E-state index contributed by atoms with van der Waals surface area (Å²) in [4.78, 5) is 6.59. The lowest BCUT2D eigenvalue weighted by molar-refractivity contribution is 0.305. The fourth-order valence-electron chi connectivity index (χ4n) is 2.75. The number of nitrogens with zero attached hydrogens (tertiary/aromatic N) is 3. The van der Waals surface area contributed by atoms with E-state index in [0.29, 0.717) is 13.1 Å². The van der Waals surface area contributed by atoms with E-state index >= 15 is 0 Å². The van der Waals surface area contributed by atoms with E-state index < -0.39 is 10.0 Å². The molecule has 142 valence electrons. The third-order valence-corrected chi connectivity index (χ3v) is 6.34. The highest BCUT2D eigenvalue weighted by Gasteiger charge is 2.26. The van der Waals surface area contributed by atoms with Gasteiger partial charge in [-0.25, -0.2) is 12.7 Å². The molecule has 2 N–H and O–H groups in total. The molecule has 7 nitrogen and oxygen atoms in total. The summed E-state index contributed by atoms with van der Waals surface area (Å²) < 4.78 is 25.4. The van der Waals surface area contributed by atoms with Crippen LogP contribution >= 0.6 is 0 Å². The first-order valence-corrected chi connectivity index (χ1v) is 10.7. The van der Waals surface area contributed by atoms with Crippen molar-refractivity contribution < 1.29 is 8.42 Å². The van der Waals surface area contributed by atoms with Crippen molar-refractivity contribution in [1.29, 1.82) is 0 Å². The molecule has 0 bridgehead atoms. The maximum absolute atomic E-state index is 11.9. The van der Waals surface area contributed by atoms with Crippen molar-refractivity contribution >= 4 is 16.0 Å². The van der Waals surface area contributed by atoms with Crippen LogP contribution in [0.2, 0.25) is 0 Å². The van der Waals surface area contributed by atoms with Gasteiger partial charge >= 0.3 is 0 Å². The van der Waals surface area contributed by atoms with E-state index in [9.17, 15) is 8.42 Å². The molecule has 0 saturated carbocycles. The van der Waals surface area contributed by atoms with Gasteiger partial charge in [-0.15, -0.1) is 0 Å². The van der Waals surface area contributed by atoms with Crippen LogP contribution in [0.1, 0.15) is 39.5 Å². The van der Waals surface area contributed by atoms with Crippen LogP contribution in [0.3, 0.4) is 0 Å². The van der Waals surface area contributed by atoms with Crippen LogP contribution in [0, 0.1) is 0 Å². The first kappa shape index (κ1) is 21.2. The summed E-state index contributed by atoms with van der Waals surface area (Å²) in [5.74, 6) is 0.982. The summed E-state index contributed by atoms with van der Waals surface area (Å²) in [6.45, 7) is 8.03. The van der Waals surface area contributed by atoms with E-state index in [2.05, 4.69) is 34.5 Å². The molecule has 0 spiro atoms. The summed E-state index contributed by atoms with van der Waals surface area (Å²) in [6.07, 6.45) is 4.07. The largest absolute Gasteiger partial charge is 0.355 e. The van der Waals surface area contributed by atoms with Gasteiger partial charge < -0.3 is 15.5 Å². The number of guanidine groups is 1. The second kappa shape index (κ2) is 10.9. The van der Waals surface area contributed by atoms with Crippen LogP contribution in [0.15, 0.2) is 4.99 Å². The number of hydrogen-bond donors (Lipinski definition) is 2. The zero-order valence-corrected chi connectivity index (χ0v) is 16.5. The highest BCUT2D eigenvalue weighted by Crippen LogP contribution is 2.14. The predicted octanol–water partition coefficient (Wildman–Crippen LogP) is 0.697. The highest BCUT2D eigenvalue weighted by atomic mass is 32.2. The average molecular weight is 362 g/mol. The van der Waals surface area contributed by atoms with Crippen LogP contribution in [0.25, 0.3) is 0 Å². The molecule has 8 heteroatoms. The molecule has 0 aromatic carbocycles. The normalized spacial score (nSPS) is 18.1. The Morgan fingerprint density at radius 1 is 1.25 bits per heavy atom. The summed E-state index contributed by atoms with van der Waals surface area (Å²) in [6, 6.07) is 0.275. The summed E-state index contributed by atoms with van der Waals surface area (Å²) >= 11 is 0. The monoisotopic (exact) mass is 361 g/mol. The Balaban J connectivity index is 2.30. The van der Waals surface area contributed by atoms with Gasteiger partial charge in [-0.1, -0.05) is 13.3 Å². The molecule has 0 radical (unpaired) electrons. The van der Waals surface area contributed by atoms with E-state index in [0.717, 1.165) is 38.4 Å². The molecule has 0 atom stereocenters. The minimum atomic E-state index is -3.06. The molecule has 0 aromatic rings. The third-order valence-electron chi connectivity index (χ3n) is 4.46. The van der Waals surface area contributed by atoms with Crippen molar-refractivity contribution in [1.82, 2.24) is 19.8 Å². The van der Waals surface area contributed by atoms with Crippen molar-refractivity contribution in [3.63, 3.8) is 0 Å². The summed E-state index contributed by atoms with van der Waals surface area (Å²) in [5.41, 5.74) is 0. The molecule has 0 amide bonds.